The van der Waals surface area contributed by atoms with Crippen molar-refractivity contribution < 1.29 is 24.2 Å². The van der Waals surface area contributed by atoms with Crippen LogP contribution in [-0.4, -0.2) is 47.2 Å². The zero-order valence-electron chi connectivity index (χ0n) is 20.8. The molecule has 1 fully saturated rings. The topological polar surface area (TPSA) is 134 Å². The minimum absolute atomic E-state index is 0.217. The maximum Gasteiger partial charge on any atom is 0.410 e. The number of carbonyl (C=O) groups excluding carboxylic acids is 2. The largest absolute Gasteiger partial charge is 0.465 e. The highest BCUT2D eigenvalue weighted by molar-refractivity contribution is 5.81. The molecular weight excluding hydrogens is 472 g/mol. The zero-order valence-corrected chi connectivity index (χ0v) is 20.8. The molecule has 3 amide bonds. The van der Waals surface area contributed by atoms with E-state index in [2.05, 4.69) is 22.9 Å². The number of nitrogens with one attached hydrogen (secondary N) is 2. The predicted molar refractivity (Wildman–Crippen MR) is 140 cm³/mol. The van der Waals surface area contributed by atoms with Gasteiger partial charge >= 0.3 is 12.2 Å². The van der Waals surface area contributed by atoms with Crippen LogP contribution in [0.2, 0.25) is 0 Å². The van der Waals surface area contributed by atoms with Gasteiger partial charge in [0, 0.05) is 25.2 Å². The molecule has 1 saturated heterocycles. The molecular formula is C28H34N4O5. The van der Waals surface area contributed by atoms with Gasteiger partial charge in [0.2, 0.25) is 5.91 Å². The van der Waals surface area contributed by atoms with Crippen LogP contribution < -0.4 is 16.4 Å². The fourth-order valence-electron chi connectivity index (χ4n) is 4.20. The van der Waals surface area contributed by atoms with E-state index in [0.717, 1.165) is 30.4 Å². The van der Waals surface area contributed by atoms with Crippen molar-refractivity contribution in [1.82, 2.24) is 15.5 Å². The number of benzene rings is 2. The molecule has 0 spiro atoms. The van der Waals surface area contributed by atoms with Crippen LogP contribution in [-0.2, 0) is 22.7 Å². The molecule has 37 heavy (non-hydrogen) atoms. The van der Waals surface area contributed by atoms with Crippen molar-refractivity contribution in [1.29, 1.82) is 0 Å². The lowest BCUT2D eigenvalue weighted by molar-refractivity contribution is -0.122. The Morgan fingerprint density at radius 2 is 1.76 bits per heavy atom. The maximum atomic E-state index is 12.5. The summed E-state index contributed by atoms with van der Waals surface area (Å²) in [6, 6.07) is 16.0. The van der Waals surface area contributed by atoms with Gasteiger partial charge in [-0.25, -0.2) is 9.59 Å². The molecule has 196 valence electrons. The van der Waals surface area contributed by atoms with E-state index >= 15 is 0 Å². The Kier molecular flexibility index (Phi) is 10.3. The summed E-state index contributed by atoms with van der Waals surface area (Å²) in [4.78, 5) is 37.4. The van der Waals surface area contributed by atoms with Crippen LogP contribution in [0.25, 0.3) is 5.70 Å². The summed E-state index contributed by atoms with van der Waals surface area (Å²) in [5.41, 5.74) is 11.4. The number of nitrogens with zero attached hydrogens (tertiary/aromatic N) is 1. The second-order valence-electron chi connectivity index (χ2n) is 9.05. The average molecular weight is 507 g/mol. The predicted octanol–water partition coefficient (Wildman–Crippen LogP) is 3.85. The Hall–Kier alpha value is -4.07. The van der Waals surface area contributed by atoms with Crippen LogP contribution in [0.3, 0.4) is 0 Å². The molecule has 0 saturated carbocycles. The van der Waals surface area contributed by atoms with Gasteiger partial charge in [0.1, 0.15) is 6.61 Å². The van der Waals surface area contributed by atoms with Crippen molar-refractivity contribution in [2.75, 3.05) is 13.1 Å². The van der Waals surface area contributed by atoms with Crippen molar-refractivity contribution in [3.8, 4) is 0 Å². The normalized spacial score (nSPS) is 14.2. The first-order valence-electron chi connectivity index (χ1n) is 12.3. The summed E-state index contributed by atoms with van der Waals surface area (Å²) in [5.74, 6) is 0.196. The SMILES string of the molecule is C=C=C(NC(=O)O)c1ccc(CNC(=O)[C@@H](N)CCC2CCN(C(=O)OCc3ccccc3)CC2)cc1. The number of hydrogen-bond acceptors (Lipinski definition) is 5. The minimum atomic E-state index is -1.19. The van der Waals surface area contributed by atoms with E-state index in [1.54, 1.807) is 29.2 Å². The lowest BCUT2D eigenvalue weighted by Crippen LogP contribution is -2.41. The van der Waals surface area contributed by atoms with E-state index in [4.69, 9.17) is 15.6 Å². The average Bonchev–Trinajstić information content (AvgIpc) is 2.93. The standard InChI is InChI=1S/C28H34N4O5/c1-2-25(31-27(34)35)23-11-8-21(9-12-23)18-30-26(33)24(29)13-10-20-14-16-32(17-15-20)28(36)37-19-22-6-4-3-5-7-22/h3-9,11-12,20,24,31H,1,10,13-19,29H2,(H,30,33)(H,34,35)/t24-/m0/s1. The molecule has 1 aliphatic heterocycles. The third kappa shape index (κ3) is 8.83. The molecule has 2 aromatic carbocycles. The number of ether oxygens (including phenoxy) is 1. The van der Waals surface area contributed by atoms with E-state index in [1.807, 2.05) is 30.3 Å². The number of carbonyl (C=O) groups is 3. The smallest absolute Gasteiger partial charge is 0.410 e. The van der Waals surface area contributed by atoms with E-state index < -0.39 is 12.1 Å². The van der Waals surface area contributed by atoms with Crippen LogP contribution in [0.5, 0.6) is 0 Å². The van der Waals surface area contributed by atoms with E-state index in [1.165, 1.54) is 0 Å². The van der Waals surface area contributed by atoms with Crippen LogP contribution in [0, 0.1) is 5.92 Å². The van der Waals surface area contributed by atoms with Crippen molar-refractivity contribution in [2.24, 2.45) is 11.7 Å². The molecule has 5 N–H and O–H groups in total. The first-order chi connectivity index (χ1) is 17.9. The first-order valence-corrected chi connectivity index (χ1v) is 12.3. The fourth-order valence-corrected chi connectivity index (χ4v) is 4.20. The molecule has 9 heteroatoms. The monoisotopic (exact) mass is 506 g/mol. The molecule has 1 aliphatic rings. The highest BCUT2D eigenvalue weighted by atomic mass is 16.6. The lowest BCUT2D eigenvalue weighted by Gasteiger charge is -2.31. The quantitative estimate of drug-likeness (QED) is 0.362. The van der Waals surface area contributed by atoms with Gasteiger partial charge in [0.05, 0.1) is 11.7 Å². The van der Waals surface area contributed by atoms with Crippen LogP contribution >= 0.6 is 0 Å². The molecule has 0 radical (unpaired) electrons. The number of piperidine rings is 1. The third-order valence-corrected chi connectivity index (χ3v) is 6.42. The van der Waals surface area contributed by atoms with Crippen molar-refractivity contribution in [2.45, 2.75) is 44.9 Å². The van der Waals surface area contributed by atoms with Crippen LogP contribution in [0.1, 0.15) is 42.4 Å². The lowest BCUT2D eigenvalue weighted by atomic mass is 9.90. The molecule has 0 unspecified atom stereocenters. The molecule has 2 aromatic rings. The van der Waals surface area contributed by atoms with Gasteiger partial charge in [0.25, 0.3) is 0 Å². The fraction of sp³-hybridized carbons (Fsp3) is 0.357. The zero-order chi connectivity index (χ0) is 26.6. The Morgan fingerprint density at radius 3 is 2.38 bits per heavy atom. The van der Waals surface area contributed by atoms with Gasteiger partial charge in [-0.3, -0.25) is 10.1 Å². The summed E-state index contributed by atoms with van der Waals surface area (Å²) >= 11 is 0. The van der Waals surface area contributed by atoms with Crippen LogP contribution in [0.4, 0.5) is 9.59 Å². The Labute approximate surface area is 217 Å². The summed E-state index contributed by atoms with van der Waals surface area (Å²) in [5, 5.41) is 14.0. The second-order valence-corrected chi connectivity index (χ2v) is 9.05. The van der Waals surface area contributed by atoms with Gasteiger partial charge in [-0.1, -0.05) is 61.2 Å². The Balaban J connectivity index is 1.34. The summed E-state index contributed by atoms with van der Waals surface area (Å²) < 4.78 is 5.42. The number of carboxylic acid groups (broad SMARTS) is 1. The molecule has 1 heterocycles. The summed E-state index contributed by atoms with van der Waals surface area (Å²) in [6.45, 7) is 5.35. The highest BCUT2D eigenvalue weighted by Gasteiger charge is 2.25. The Bertz CT molecular complexity index is 1110. The Morgan fingerprint density at radius 1 is 1.08 bits per heavy atom. The number of nitrogens with two attached hydrogens (primary N) is 1. The van der Waals surface area contributed by atoms with Crippen molar-refractivity contribution in [3.05, 3.63) is 83.6 Å². The van der Waals surface area contributed by atoms with Crippen molar-refractivity contribution in [3.63, 3.8) is 0 Å². The van der Waals surface area contributed by atoms with E-state index in [0.29, 0.717) is 37.5 Å². The van der Waals surface area contributed by atoms with E-state index in [9.17, 15) is 14.4 Å². The third-order valence-electron chi connectivity index (χ3n) is 6.42. The van der Waals surface area contributed by atoms with Gasteiger partial charge in [0.15, 0.2) is 0 Å². The van der Waals surface area contributed by atoms with Gasteiger partial charge in [-0.2, -0.15) is 0 Å². The second kappa shape index (κ2) is 13.9. The number of rotatable bonds is 10. The molecule has 9 nitrogen and oxygen atoms in total. The molecule has 1 atom stereocenters. The molecule has 0 aliphatic carbocycles. The number of likely N-dealkylation sites (tertiary alicyclic amines) is 1. The molecule has 0 bridgehead atoms. The summed E-state index contributed by atoms with van der Waals surface area (Å²) in [7, 11) is 0. The first kappa shape index (κ1) is 27.5. The minimum Gasteiger partial charge on any atom is -0.465 e. The number of amides is 3. The van der Waals surface area contributed by atoms with Crippen LogP contribution in [0.15, 0.2) is 66.9 Å². The molecule has 3 rings (SSSR count). The highest BCUT2D eigenvalue weighted by Crippen LogP contribution is 2.23. The maximum absolute atomic E-state index is 12.5. The summed E-state index contributed by atoms with van der Waals surface area (Å²) in [6.07, 6.45) is 1.63. The number of hydrogen-bond donors (Lipinski definition) is 4. The van der Waals surface area contributed by atoms with Gasteiger partial charge in [-0.05, 0) is 42.7 Å². The van der Waals surface area contributed by atoms with Crippen molar-refractivity contribution >= 4 is 23.8 Å². The van der Waals surface area contributed by atoms with Gasteiger partial charge in [-0.15, -0.1) is 5.73 Å². The van der Waals surface area contributed by atoms with E-state index in [-0.39, 0.29) is 24.3 Å². The molecule has 0 aromatic heterocycles. The van der Waals surface area contributed by atoms with Gasteiger partial charge < -0.3 is 25.8 Å².